The number of amides is 2. The summed E-state index contributed by atoms with van der Waals surface area (Å²) in [5, 5.41) is 6.92. The Morgan fingerprint density at radius 1 is 1.38 bits per heavy atom. The van der Waals surface area contributed by atoms with Gasteiger partial charge in [-0.3, -0.25) is 9.59 Å². The van der Waals surface area contributed by atoms with E-state index in [0.29, 0.717) is 6.54 Å². The minimum absolute atomic E-state index is 0.0237. The summed E-state index contributed by atoms with van der Waals surface area (Å²) in [5.74, 6) is -0.511. The second-order valence-electron chi connectivity index (χ2n) is 5.12. The van der Waals surface area contributed by atoms with Crippen LogP contribution in [0.25, 0.3) is 0 Å². The van der Waals surface area contributed by atoms with Crippen LogP contribution in [-0.4, -0.2) is 18.9 Å². The lowest BCUT2D eigenvalue weighted by Gasteiger charge is -2.30. The fourth-order valence-electron chi connectivity index (χ4n) is 2.58. The fraction of sp³-hybridized carbons (Fsp3) is 0.250. The van der Waals surface area contributed by atoms with Crippen molar-refractivity contribution in [3.8, 4) is 0 Å². The molecule has 2 amide bonds. The SMILES string of the molecule is CN1C(=O)CC(C(=O)NCc2ccsc2)c2ccccc21. The quantitative estimate of drug-likeness (QED) is 0.947. The molecule has 0 bridgehead atoms. The van der Waals surface area contributed by atoms with Crippen LogP contribution in [0.3, 0.4) is 0 Å². The molecule has 5 heteroatoms. The Labute approximate surface area is 127 Å². The van der Waals surface area contributed by atoms with Gasteiger partial charge in [0.1, 0.15) is 0 Å². The third-order valence-corrected chi connectivity index (χ3v) is 4.52. The summed E-state index contributed by atoms with van der Waals surface area (Å²) in [4.78, 5) is 26.1. The van der Waals surface area contributed by atoms with E-state index in [-0.39, 0.29) is 18.2 Å². The van der Waals surface area contributed by atoms with Crippen LogP contribution < -0.4 is 10.2 Å². The standard InChI is InChI=1S/C16H16N2O2S/c1-18-14-5-3-2-4-12(14)13(8-15(18)19)16(20)17-9-11-6-7-21-10-11/h2-7,10,13H,8-9H2,1H3,(H,17,20). The molecule has 1 N–H and O–H groups in total. The highest BCUT2D eigenvalue weighted by Gasteiger charge is 2.33. The van der Waals surface area contributed by atoms with Gasteiger partial charge >= 0.3 is 0 Å². The summed E-state index contributed by atoms with van der Waals surface area (Å²) < 4.78 is 0. The molecule has 2 aromatic rings. The molecule has 2 heterocycles. The number of benzene rings is 1. The first-order valence-electron chi connectivity index (χ1n) is 6.81. The Balaban J connectivity index is 1.80. The van der Waals surface area contributed by atoms with Gasteiger partial charge in [-0.2, -0.15) is 11.3 Å². The minimum atomic E-state index is -0.400. The van der Waals surface area contributed by atoms with Gasteiger partial charge in [-0.15, -0.1) is 0 Å². The van der Waals surface area contributed by atoms with Crippen LogP contribution in [0.1, 0.15) is 23.5 Å². The second-order valence-corrected chi connectivity index (χ2v) is 5.90. The van der Waals surface area contributed by atoms with Crippen molar-refractivity contribution in [1.29, 1.82) is 0 Å². The van der Waals surface area contributed by atoms with Gasteiger partial charge in [0.15, 0.2) is 0 Å². The zero-order valence-corrected chi connectivity index (χ0v) is 12.5. The molecule has 4 nitrogen and oxygen atoms in total. The molecule has 1 aliphatic rings. The summed E-state index contributed by atoms with van der Waals surface area (Å²) in [6.45, 7) is 0.505. The Hall–Kier alpha value is -2.14. The first-order chi connectivity index (χ1) is 10.2. The zero-order valence-electron chi connectivity index (χ0n) is 11.7. The van der Waals surface area contributed by atoms with E-state index in [1.165, 1.54) is 0 Å². The summed E-state index contributed by atoms with van der Waals surface area (Å²) in [6, 6.07) is 9.58. The van der Waals surface area contributed by atoms with E-state index in [1.54, 1.807) is 23.3 Å². The van der Waals surface area contributed by atoms with Gasteiger partial charge in [-0.1, -0.05) is 18.2 Å². The smallest absolute Gasteiger partial charge is 0.228 e. The number of thiophene rings is 1. The lowest BCUT2D eigenvalue weighted by molar-refractivity contribution is -0.127. The van der Waals surface area contributed by atoms with E-state index in [9.17, 15) is 9.59 Å². The van der Waals surface area contributed by atoms with Crippen LogP contribution in [0, 0.1) is 0 Å². The van der Waals surface area contributed by atoms with Gasteiger partial charge in [0.05, 0.1) is 5.92 Å². The van der Waals surface area contributed by atoms with Crippen molar-refractivity contribution in [2.24, 2.45) is 0 Å². The number of nitrogens with one attached hydrogen (secondary N) is 1. The highest BCUT2D eigenvalue weighted by atomic mass is 32.1. The monoisotopic (exact) mass is 300 g/mol. The molecule has 0 aliphatic carbocycles. The largest absolute Gasteiger partial charge is 0.351 e. The summed E-state index contributed by atoms with van der Waals surface area (Å²) in [7, 11) is 1.75. The number of rotatable bonds is 3. The maximum absolute atomic E-state index is 12.4. The average molecular weight is 300 g/mol. The van der Waals surface area contributed by atoms with E-state index in [4.69, 9.17) is 0 Å². The zero-order chi connectivity index (χ0) is 14.8. The first-order valence-corrected chi connectivity index (χ1v) is 7.75. The summed E-state index contributed by atoms with van der Waals surface area (Å²) >= 11 is 1.60. The van der Waals surface area contributed by atoms with Crippen LogP contribution in [0.4, 0.5) is 5.69 Å². The first kappa shape index (κ1) is 13.8. The number of anilines is 1. The van der Waals surface area contributed by atoms with Crippen molar-refractivity contribution < 1.29 is 9.59 Å². The molecule has 0 saturated carbocycles. The predicted octanol–water partition coefficient (Wildman–Crippen LogP) is 2.51. The second kappa shape index (κ2) is 5.69. The summed E-state index contributed by atoms with van der Waals surface area (Å²) in [6.07, 6.45) is 0.225. The van der Waals surface area contributed by atoms with Crippen LogP contribution >= 0.6 is 11.3 Å². The van der Waals surface area contributed by atoms with Gasteiger partial charge in [-0.05, 0) is 34.0 Å². The molecule has 0 radical (unpaired) electrons. The lowest BCUT2D eigenvalue weighted by atomic mass is 9.89. The van der Waals surface area contributed by atoms with Gasteiger partial charge in [0.25, 0.3) is 0 Å². The van der Waals surface area contributed by atoms with Crippen molar-refractivity contribution in [3.63, 3.8) is 0 Å². The van der Waals surface area contributed by atoms with Gasteiger partial charge in [0.2, 0.25) is 11.8 Å². The van der Waals surface area contributed by atoms with E-state index in [0.717, 1.165) is 16.8 Å². The summed E-state index contributed by atoms with van der Waals surface area (Å²) in [5.41, 5.74) is 2.83. The van der Waals surface area contributed by atoms with Crippen LogP contribution in [-0.2, 0) is 16.1 Å². The third-order valence-electron chi connectivity index (χ3n) is 3.79. The van der Waals surface area contributed by atoms with Crippen molar-refractivity contribution in [2.75, 3.05) is 11.9 Å². The highest BCUT2D eigenvalue weighted by molar-refractivity contribution is 7.07. The number of hydrogen-bond donors (Lipinski definition) is 1. The topological polar surface area (TPSA) is 49.4 Å². The molecule has 1 aliphatic heterocycles. The average Bonchev–Trinajstić information content (AvgIpc) is 3.02. The Kier molecular flexibility index (Phi) is 3.75. The number of carbonyl (C=O) groups excluding carboxylic acids is 2. The Morgan fingerprint density at radius 3 is 2.95 bits per heavy atom. The van der Waals surface area contributed by atoms with Gasteiger partial charge in [-0.25, -0.2) is 0 Å². The molecule has 21 heavy (non-hydrogen) atoms. The van der Waals surface area contributed by atoms with E-state index >= 15 is 0 Å². The van der Waals surface area contributed by atoms with Crippen molar-refractivity contribution >= 4 is 28.8 Å². The molecule has 1 atom stereocenters. The van der Waals surface area contributed by atoms with Crippen molar-refractivity contribution in [1.82, 2.24) is 5.32 Å². The maximum atomic E-state index is 12.4. The predicted molar refractivity (Wildman–Crippen MR) is 83.4 cm³/mol. The highest BCUT2D eigenvalue weighted by Crippen LogP contribution is 2.35. The molecular weight excluding hydrogens is 284 g/mol. The van der Waals surface area contributed by atoms with Crippen LogP contribution in [0.5, 0.6) is 0 Å². The normalized spacial score (nSPS) is 17.5. The van der Waals surface area contributed by atoms with E-state index in [1.807, 2.05) is 41.1 Å². The molecule has 0 fully saturated rings. The molecule has 1 unspecified atom stereocenters. The molecule has 0 saturated heterocycles. The molecular formula is C16H16N2O2S. The Bertz CT molecular complexity index is 667. The van der Waals surface area contributed by atoms with Gasteiger partial charge < -0.3 is 10.2 Å². The number of para-hydroxylation sites is 1. The van der Waals surface area contributed by atoms with E-state index in [2.05, 4.69) is 5.32 Å². The van der Waals surface area contributed by atoms with Crippen molar-refractivity contribution in [3.05, 3.63) is 52.2 Å². The molecule has 3 rings (SSSR count). The minimum Gasteiger partial charge on any atom is -0.351 e. The van der Waals surface area contributed by atoms with Crippen LogP contribution in [0.2, 0.25) is 0 Å². The maximum Gasteiger partial charge on any atom is 0.228 e. The Morgan fingerprint density at radius 2 is 2.19 bits per heavy atom. The molecule has 1 aromatic heterocycles. The lowest BCUT2D eigenvalue weighted by Crippen LogP contribution is -2.39. The van der Waals surface area contributed by atoms with E-state index < -0.39 is 5.92 Å². The number of hydrogen-bond acceptors (Lipinski definition) is 3. The number of fused-ring (bicyclic) bond motifs is 1. The third kappa shape index (κ3) is 2.69. The molecule has 108 valence electrons. The number of nitrogens with zero attached hydrogens (tertiary/aromatic N) is 1. The van der Waals surface area contributed by atoms with Gasteiger partial charge in [0, 0.05) is 25.7 Å². The number of carbonyl (C=O) groups is 2. The van der Waals surface area contributed by atoms with Crippen LogP contribution in [0.15, 0.2) is 41.1 Å². The molecule has 0 spiro atoms. The fourth-order valence-corrected chi connectivity index (χ4v) is 3.25. The van der Waals surface area contributed by atoms with Crippen molar-refractivity contribution in [2.45, 2.75) is 18.9 Å². The molecule has 1 aromatic carbocycles.